The molecule has 0 spiro atoms. The molecule has 3 nitrogen and oxygen atoms in total. The van der Waals surface area contributed by atoms with E-state index in [2.05, 4.69) is 63.5 Å². The number of guanidine groups is 1. The average molecular weight is 247 g/mol. The van der Waals surface area contributed by atoms with Gasteiger partial charge in [-0.1, -0.05) is 25.1 Å². The number of benzene rings is 1. The Bertz CT molecular complexity index is 382. The summed E-state index contributed by atoms with van der Waals surface area (Å²) < 4.78 is 0. The van der Waals surface area contributed by atoms with E-state index in [1.54, 1.807) is 0 Å². The second kappa shape index (κ2) is 7.04. The van der Waals surface area contributed by atoms with Gasteiger partial charge in [-0.15, -0.1) is 0 Å². The van der Waals surface area contributed by atoms with Crippen LogP contribution in [0.3, 0.4) is 0 Å². The minimum Gasteiger partial charge on any atom is -0.354 e. The quantitative estimate of drug-likeness (QED) is 0.633. The number of rotatable bonds is 4. The lowest BCUT2D eigenvalue weighted by Crippen LogP contribution is -2.43. The van der Waals surface area contributed by atoms with Crippen molar-refractivity contribution in [2.45, 2.75) is 53.1 Å². The Morgan fingerprint density at radius 3 is 2.11 bits per heavy atom. The molecule has 1 aromatic rings. The van der Waals surface area contributed by atoms with Gasteiger partial charge in [0.2, 0.25) is 0 Å². The van der Waals surface area contributed by atoms with E-state index in [0.29, 0.717) is 12.1 Å². The molecule has 1 rings (SSSR count). The van der Waals surface area contributed by atoms with Gasteiger partial charge in [0.25, 0.3) is 0 Å². The molecule has 18 heavy (non-hydrogen) atoms. The number of nitrogens with zero attached hydrogens (tertiary/aromatic N) is 1. The Labute approximate surface area is 111 Å². The van der Waals surface area contributed by atoms with E-state index in [4.69, 9.17) is 4.99 Å². The maximum absolute atomic E-state index is 4.70. The van der Waals surface area contributed by atoms with E-state index in [0.717, 1.165) is 18.1 Å². The highest BCUT2D eigenvalue weighted by Crippen LogP contribution is 2.18. The van der Waals surface area contributed by atoms with Crippen molar-refractivity contribution in [2.24, 2.45) is 4.99 Å². The van der Waals surface area contributed by atoms with E-state index < -0.39 is 0 Å². The molecule has 0 aromatic heterocycles. The number of hydrogen-bond donors (Lipinski definition) is 2. The molecule has 100 valence electrons. The van der Waals surface area contributed by atoms with Gasteiger partial charge in [0, 0.05) is 12.1 Å². The zero-order chi connectivity index (χ0) is 13.5. The van der Waals surface area contributed by atoms with E-state index in [-0.39, 0.29) is 0 Å². The highest BCUT2D eigenvalue weighted by molar-refractivity contribution is 5.83. The van der Waals surface area contributed by atoms with E-state index in [9.17, 15) is 0 Å². The predicted molar refractivity (Wildman–Crippen MR) is 79.5 cm³/mol. The largest absolute Gasteiger partial charge is 0.354 e. The molecule has 0 fully saturated rings. The zero-order valence-corrected chi connectivity index (χ0v) is 12.1. The molecule has 0 heterocycles. The van der Waals surface area contributed by atoms with Crippen molar-refractivity contribution in [2.75, 3.05) is 0 Å². The SMILES string of the molecule is CCc1ccccc1N=C(NC(C)C)NC(C)C. The highest BCUT2D eigenvalue weighted by atomic mass is 15.2. The fourth-order valence-corrected chi connectivity index (χ4v) is 1.69. The summed E-state index contributed by atoms with van der Waals surface area (Å²) in [7, 11) is 0. The van der Waals surface area contributed by atoms with Crippen LogP contribution in [0.15, 0.2) is 29.3 Å². The Kier molecular flexibility index (Phi) is 5.69. The summed E-state index contributed by atoms with van der Waals surface area (Å²) in [5.74, 6) is 0.848. The fraction of sp³-hybridized carbons (Fsp3) is 0.533. The number of aryl methyl sites for hydroxylation is 1. The van der Waals surface area contributed by atoms with Crippen molar-refractivity contribution in [3.63, 3.8) is 0 Å². The molecule has 2 N–H and O–H groups in total. The third kappa shape index (κ3) is 4.78. The van der Waals surface area contributed by atoms with Crippen LogP contribution in [0.5, 0.6) is 0 Å². The fourth-order valence-electron chi connectivity index (χ4n) is 1.69. The predicted octanol–water partition coefficient (Wildman–Crippen LogP) is 3.23. The van der Waals surface area contributed by atoms with Gasteiger partial charge in [-0.3, -0.25) is 0 Å². The van der Waals surface area contributed by atoms with E-state index >= 15 is 0 Å². The molecule has 0 saturated heterocycles. The summed E-state index contributed by atoms with van der Waals surface area (Å²) >= 11 is 0. The van der Waals surface area contributed by atoms with Gasteiger partial charge in [0.15, 0.2) is 5.96 Å². The van der Waals surface area contributed by atoms with Crippen LogP contribution in [-0.4, -0.2) is 18.0 Å². The molecule has 0 atom stereocenters. The minimum absolute atomic E-state index is 0.365. The molecule has 1 aromatic carbocycles. The van der Waals surface area contributed by atoms with Crippen molar-refractivity contribution >= 4 is 11.6 Å². The minimum atomic E-state index is 0.365. The van der Waals surface area contributed by atoms with Gasteiger partial charge >= 0.3 is 0 Å². The molecule has 0 saturated carbocycles. The molecule has 0 aliphatic heterocycles. The Hall–Kier alpha value is -1.51. The van der Waals surface area contributed by atoms with Gasteiger partial charge in [-0.05, 0) is 45.7 Å². The lowest BCUT2D eigenvalue weighted by Gasteiger charge is -2.17. The van der Waals surface area contributed by atoms with E-state index in [1.165, 1.54) is 5.56 Å². The van der Waals surface area contributed by atoms with Crippen LogP contribution >= 0.6 is 0 Å². The van der Waals surface area contributed by atoms with Crippen LogP contribution in [0.4, 0.5) is 5.69 Å². The summed E-state index contributed by atoms with van der Waals surface area (Å²) in [5, 5.41) is 6.70. The molecule has 0 bridgehead atoms. The molecule has 0 radical (unpaired) electrons. The van der Waals surface area contributed by atoms with Crippen molar-refractivity contribution < 1.29 is 0 Å². The van der Waals surface area contributed by atoms with Crippen LogP contribution in [0.1, 0.15) is 40.2 Å². The molecular formula is C15H25N3. The number of nitrogens with one attached hydrogen (secondary N) is 2. The standard InChI is InChI=1S/C15H25N3/c1-6-13-9-7-8-10-14(13)18-15(16-11(2)3)17-12(4)5/h7-12H,6H2,1-5H3,(H2,16,17,18). The lowest BCUT2D eigenvalue weighted by atomic mass is 10.1. The second-order valence-corrected chi connectivity index (χ2v) is 5.04. The number of para-hydroxylation sites is 1. The average Bonchev–Trinajstić information content (AvgIpc) is 2.27. The zero-order valence-electron chi connectivity index (χ0n) is 12.1. The van der Waals surface area contributed by atoms with Gasteiger partial charge < -0.3 is 10.6 Å². The van der Waals surface area contributed by atoms with Crippen molar-refractivity contribution in [3.8, 4) is 0 Å². The first kappa shape index (κ1) is 14.6. The highest BCUT2D eigenvalue weighted by Gasteiger charge is 2.05. The summed E-state index contributed by atoms with van der Waals surface area (Å²) in [6, 6.07) is 9.00. The molecule has 0 aliphatic carbocycles. The summed E-state index contributed by atoms with van der Waals surface area (Å²) in [4.78, 5) is 4.70. The maximum Gasteiger partial charge on any atom is 0.196 e. The van der Waals surface area contributed by atoms with Crippen LogP contribution in [-0.2, 0) is 6.42 Å². The Balaban J connectivity index is 2.98. The summed E-state index contributed by atoms with van der Waals surface area (Å²) in [5.41, 5.74) is 2.31. The summed E-state index contributed by atoms with van der Waals surface area (Å²) in [6.07, 6.45) is 0.996. The number of aliphatic imine (C=N–C) groups is 1. The molecule has 0 amide bonds. The first-order valence-electron chi connectivity index (χ1n) is 6.72. The number of hydrogen-bond acceptors (Lipinski definition) is 1. The van der Waals surface area contributed by atoms with Gasteiger partial charge in [-0.25, -0.2) is 4.99 Å². The third-order valence-electron chi connectivity index (χ3n) is 2.46. The first-order valence-corrected chi connectivity index (χ1v) is 6.72. The molecule has 0 unspecified atom stereocenters. The smallest absolute Gasteiger partial charge is 0.196 e. The molecular weight excluding hydrogens is 222 g/mol. The van der Waals surface area contributed by atoms with Gasteiger partial charge in [-0.2, -0.15) is 0 Å². The monoisotopic (exact) mass is 247 g/mol. The topological polar surface area (TPSA) is 36.4 Å². The van der Waals surface area contributed by atoms with Gasteiger partial charge in [0.05, 0.1) is 5.69 Å². The van der Waals surface area contributed by atoms with Crippen LogP contribution in [0, 0.1) is 0 Å². The Morgan fingerprint density at radius 2 is 1.61 bits per heavy atom. The first-order chi connectivity index (χ1) is 8.52. The lowest BCUT2D eigenvalue weighted by molar-refractivity contribution is 0.661. The molecule has 0 aliphatic rings. The van der Waals surface area contributed by atoms with E-state index in [1.807, 2.05) is 6.07 Å². The van der Waals surface area contributed by atoms with Crippen LogP contribution < -0.4 is 10.6 Å². The summed E-state index contributed by atoms with van der Waals surface area (Å²) in [6.45, 7) is 10.6. The Morgan fingerprint density at radius 1 is 1.06 bits per heavy atom. The van der Waals surface area contributed by atoms with Crippen molar-refractivity contribution in [3.05, 3.63) is 29.8 Å². The third-order valence-corrected chi connectivity index (χ3v) is 2.46. The normalized spacial score (nSPS) is 10.6. The second-order valence-electron chi connectivity index (χ2n) is 5.04. The maximum atomic E-state index is 4.70. The van der Waals surface area contributed by atoms with Crippen molar-refractivity contribution in [1.29, 1.82) is 0 Å². The van der Waals surface area contributed by atoms with Crippen LogP contribution in [0.25, 0.3) is 0 Å². The van der Waals surface area contributed by atoms with Crippen molar-refractivity contribution in [1.82, 2.24) is 10.6 Å². The van der Waals surface area contributed by atoms with Crippen LogP contribution in [0.2, 0.25) is 0 Å². The van der Waals surface area contributed by atoms with Gasteiger partial charge in [0.1, 0.15) is 0 Å². The molecule has 3 heteroatoms.